The number of aromatic nitrogens is 1. The number of rotatable bonds is 4. The number of pyridine rings is 1. The van der Waals surface area contributed by atoms with Gasteiger partial charge in [-0.15, -0.1) is 0 Å². The third kappa shape index (κ3) is 2.44. The molecule has 0 radical (unpaired) electrons. The van der Waals surface area contributed by atoms with Crippen molar-refractivity contribution in [3.8, 4) is 0 Å². The van der Waals surface area contributed by atoms with Crippen LogP contribution in [0.15, 0.2) is 18.3 Å². The molecule has 14 heavy (non-hydrogen) atoms. The molecular formula is C11H15FN2. The highest BCUT2D eigenvalue weighted by atomic mass is 19.1. The van der Waals surface area contributed by atoms with Crippen LogP contribution >= 0.6 is 0 Å². The van der Waals surface area contributed by atoms with Crippen molar-refractivity contribution in [3.05, 3.63) is 24.1 Å². The molecule has 0 saturated heterocycles. The van der Waals surface area contributed by atoms with Gasteiger partial charge in [0.2, 0.25) is 0 Å². The fraction of sp³-hybridized carbons (Fsp3) is 0.545. The summed E-state index contributed by atoms with van der Waals surface area (Å²) in [6.07, 6.45) is 3.96. The molecule has 1 aliphatic carbocycles. The fourth-order valence-corrected chi connectivity index (χ4v) is 1.58. The summed E-state index contributed by atoms with van der Waals surface area (Å²) in [6, 6.07) is 3.10. The molecule has 0 amide bonds. The fourth-order valence-electron chi connectivity index (χ4n) is 1.58. The van der Waals surface area contributed by atoms with Crippen molar-refractivity contribution in [1.82, 2.24) is 4.98 Å². The zero-order valence-electron chi connectivity index (χ0n) is 8.33. The molecule has 0 spiro atoms. The van der Waals surface area contributed by atoms with Crippen molar-refractivity contribution < 1.29 is 4.39 Å². The first-order chi connectivity index (χ1) is 6.75. The summed E-state index contributed by atoms with van der Waals surface area (Å²) in [4.78, 5) is 3.94. The molecule has 1 aromatic rings. The molecule has 3 heteroatoms. The quantitative estimate of drug-likeness (QED) is 0.797. The smallest absolute Gasteiger partial charge is 0.141 e. The van der Waals surface area contributed by atoms with Crippen LogP contribution in [0.2, 0.25) is 0 Å². The zero-order valence-corrected chi connectivity index (χ0v) is 8.33. The predicted molar refractivity (Wildman–Crippen MR) is 54.6 cm³/mol. The van der Waals surface area contributed by atoms with Gasteiger partial charge in [-0.3, -0.25) is 0 Å². The van der Waals surface area contributed by atoms with Crippen LogP contribution in [0.25, 0.3) is 0 Å². The number of hydrogen-bond donors (Lipinski definition) is 1. The first kappa shape index (κ1) is 9.44. The first-order valence-electron chi connectivity index (χ1n) is 5.11. The van der Waals surface area contributed by atoms with Crippen molar-refractivity contribution in [3.63, 3.8) is 0 Å². The van der Waals surface area contributed by atoms with Crippen LogP contribution in [0.4, 0.5) is 10.2 Å². The van der Waals surface area contributed by atoms with Crippen LogP contribution in [-0.2, 0) is 0 Å². The molecule has 1 unspecified atom stereocenters. The van der Waals surface area contributed by atoms with Gasteiger partial charge in [0, 0.05) is 6.54 Å². The molecule has 0 aromatic carbocycles. The van der Waals surface area contributed by atoms with Crippen LogP contribution in [0.5, 0.6) is 0 Å². The summed E-state index contributed by atoms with van der Waals surface area (Å²) in [5.74, 6) is 2.06. The Bertz CT molecular complexity index is 293. The van der Waals surface area contributed by atoms with E-state index in [4.69, 9.17) is 0 Å². The van der Waals surface area contributed by atoms with Gasteiger partial charge in [-0.2, -0.15) is 0 Å². The van der Waals surface area contributed by atoms with Crippen LogP contribution < -0.4 is 5.32 Å². The Morgan fingerprint density at radius 2 is 2.36 bits per heavy atom. The largest absolute Gasteiger partial charge is 0.370 e. The Morgan fingerprint density at radius 1 is 1.57 bits per heavy atom. The average molecular weight is 194 g/mol. The van der Waals surface area contributed by atoms with Gasteiger partial charge >= 0.3 is 0 Å². The monoisotopic (exact) mass is 194 g/mol. The Morgan fingerprint density at radius 3 is 2.93 bits per heavy atom. The van der Waals surface area contributed by atoms with Gasteiger partial charge in [-0.25, -0.2) is 9.37 Å². The molecule has 2 nitrogen and oxygen atoms in total. The van der Waals surface area contributed by atoms with E-state index in [1.807, 2.05) is 0 Å². The second-order valence-electron chi connectivity index (χ2n) is 4.06. The maximum absolute atomic E-state index is 12.5. The van der Waals surface area contributed by atoms with Gasteiger partial charge in [0.25, 0.3) is 0 Å². The van der Waals surface area contributed by atoms with Crippen LogP contribution in [-0.4, -0.2) is 11.5 Å². The third-order valence-electron chi connectivity index (χ3n) is 2.76. The molecule has 1 saturated carbocycles. The molecule has 1 fully saturated rings. The van der Waals surface area contributed by atoms with E-state index < -0.39 is 0 Å². The van der Waals surface area contributed by atoms with E-state index >= 15 is 0 Å². The number of nitrogens with zero attached hydrogens (tertiary/aromatic N) is 1. The zero-order chi connectivity index (χ0) is 9.97. The van der Waals surface area contributed by atoms with Gasteiger partial charge in [0.05, 0.1) is 6.20 Å². The molecule has 1 aliphatic rings. The Kier molecular flexibility index (Phi) is 2.66. The van der Waals surface area contributed by atoms with E-state index in [0.717, 1.165) is 18.3 Å². The van der Waals surface area contributed by atoms with Crippen LogP contribution in [0, 0.1) is 17.7 Å². The van der Waals surface area contributed by atoms with E-state index in [-0.39, 0.29) is 5.82 Å². The van der Waals surface area contributed by atoms with Crippen molar-refractivity contribution in [2.75, 3.05) is 11.9 Å². The van der Waals surface area contributed by atoms with E-state index in [9.17, 15) is 4.39 Å². The van der Waals surface area contributed by atoms with Crippen molar-refractivity contribution >= 4 is 5.82 Å². The van der Waals surface area contributed by atoms with Crippen LogP contribution in [0.1, 0.15) is 19.8 Å². The topological polar surface area (TPSA) is 24.9 Å². The highest BCUT2D eigenvalue weighted by Gasteiger charge is 2.27. The molecular weight excluding hydrogens is 179 g/mol. The minimum absolute atomic E-state index is 0.286. The Balaban J connectivity index is 1.82. The lowest BCUT2D eigenvalue weighted by Gasteiger charge is -2.11. The SMILES string of the molecule is CC(CNc1ccc(F)cn1)C1CC1. The molecule has 1 heterocycles. The summed E-state index contributed by atoms with van der Waals surface area (Å²) in [5, 5.41) is 3.22. The molecule has 1 atom stereocenters. The third-order valence-corrected chi connectivity index (χ3v) is 2.76. The molecule has 1 N–H and O–H groups in total. The highest BCUT2D eigenvalue weighted by molar-refractivity contribution is 5.33. The lowest BCUT2D eigenvalue weighted by atomic mass is 10.1. The maximum Gasteiger partial charge on any atom is 0.141 e. The van der Waals surface area contributed by atoms with Crippen molar-refractivity contribution in [2.24, 2.45) is 11.8 Å². The highest BCUT2D eigenvalue weighted by Crippen LogP contribution is 2.36. The van der Waals surface area contributed by atoms with Gasteiger partial charge in [0.15, 0.2) is 0 Å². The number of halogens is 1. The minimum Gasteiger partial charge on any atom is -0.370 e. The lowest BCUT2D eigenvalue weighted by molar-refractivity contribution is 0.535. The summed E-state index contributed by atoms with van der Waals surface area (Å²) in [6.45, 7) is 3.18. The van der Waals surface area contributed by atoms with E-state index in [1.165, 1.54) is 25.1 Å². The van der Waals surface area contributed by atoms with Gasteiger partial charge in [-0.1, -0.05) is 6.92 Å². The van der Waals surface area contributed by atoms with Crippen molar-refractivity contribution in [2.45, 2.75) is 19.8 Å². The normalized spacial score (nSPS) is 17.9. The predicted octanol–water partition coefficient (Wildman–Crippen LogP) is 2.68. The minimum atomic E-state index is -0.286. The van der Waals surface area contributed by atoms with E-state index in [2.05, 4.69) is 17.2 Å². The summed E-state index contributed by atoms with van der Waals surface area (Å²) in [5.41, 5.74) is 0. The maximum atomic E-state index is 12.5. The average Bonchev–Trinajstić information content (AvgIpc) is 3.00. The van der Waals surface area contributed by atoms with Crippen LogP contribution in [0.3, 0.4) is 0 Å². The molecule has 0 aliphatic heterocycles. The lowest BCUT2D eigenvalue weighted by Crippen LogP contribution is -2.13. The number of anilines is 1. The molecule has 2 rings (SSSR count). The molecule has 0 bridgehead atoms. The van der Waals surface area contributed by atoms with E-state index in [0.29, 0.717) is 5.92 Å². The van der Waals surface area contributed by atoms with Crippen molar-refractivity contribution in [1.29, 1.82) is 0 Å². The molecule has 76 valence electrons. The molecule has 1 aromatic heterocycles. The standard InChI is InChI=1S/C11H15FN2/c1-8(9-2-3-9)6-13-11-5-4-10(12)7-14-11/h4-5,7-9H,2-3,6H2,1H3,(H,13,14). The second-order valence-corrected chi connectivity index (χ2v) is 4.06. The summed E-state index contributed by atoms with van der Waals surface area (Å²) >= 11 is 0. The first-order valence-corrected chi connectivity index (χ1v) is 5.11. The number of hydrogen-bond acceptors (Lipinski definition) is 2. The van der Waals surface area contributed by atoms with Gasteiger partial charge < -0.3 is 5.32 Å². The summed E-state index contributed by atoms with van der Waals surface area (Å²) < 4.78 is 12.5. The second kappa shape index (κ2) is 3.95. The Hall–Kier alpha value is -1.12. The summed E-state index contributed by atoms with van der Waals surface area (Å²) in [7, 11) is 0. The van der Waals surface area contributed by atoms with E-state index in [1.54, 1.807) is 6.07 Å². The Labute approximate surface area is 83.6 Å². The van der Waals surface area contributed by atoms with Gasteiger partial charge in [0.1, 0.15) is 11.6 Å². The number of nitrogens with one attached hydrogen (secondary N) is 1. The van der Waals surface area contributed by atoms with Gasteiger partial charge in [-0.05, 0) is 36.8 Å².